The molecule has 2 aromatic carbocycles. The topological polar surface area (TPSA) is 61.0 Å². The maximum absolute atomic E-state index is 12.4. The first-order chi connectivity index (χ1) is 13.2. The lowest BCUT2D eigenvalue weighted by Gasteiger charge is -2.17. The number of hydrogen-bond acceptors (Lipinski definition) is 3. The quantitative estimate of drug-likeness (QED) is 0.695. The van der Waals surface area contributed by atoms with Gasteiger partial charge in [0.15, 0.2) is 0 Å². The molecule has 0 spiro atoms. The molecule has 27 heavy (non-hydrogen) atoms. The van der Waals surface area contributed by atoms with Crippen molar-refractivity contribution in [3.63, 3.8) is 0 Å². The van der Waals surface area contributed by atoms with E-state index in [9.17, 15) is 4.79 Å². The van der Waals surface area contributed by atoms with Crippen LogP contribution in [0.25, 0.3) is 11.3 Å². The van der Waals surface area contributed by atoms with Gasteiger partial charge in [0.1, 0.15) is 5.69 Å². The molecule has 0 atom stereocenters. The van der Waals surface area contributed by atoms with Gasteiger partial charge in [0.25, 0.3) is 5.91 Å². The lowest BCUT2D eigenvalue weighted by Crippen LogP contribution is -2.23. The van der Waals surface area contributed by atoms with Crippen LogP contribution in [0.3, 0.4) is 0 Å². The molecule has 1 amide bonds. The van der Waals surface area contributed by atoms with Crippen LogP contribution in [0.5, 0.6) is 0 Å². The van der Waals surface area contributed by atoms with Gasteiger partial charge in [-0.2, -0.15) is 5.10 Å². The van der Waals surface area contributed by atoms with E-state index in [0.717, 1.165) is 24.2 Å². The number of H-pyrrole nitrogens is 1. The highest BCUT2D eigenvalue weighted by atomic mass is 35.5. The van der Waals surface area contributed by atoms with E-state index < -0.39 is 0 Å². The maximum atomic E-state index is 12.4. The first-order valence-corrected chi connectivity index (χ1v) is 9.51. The van der Waals surface area contributed by atoms with Gasteiger partial charge in [-0.15, -0.1) is 0 Å². The molecule has 1 aromatic heterocycles. The van der Waals surface area contributed by atoms with Gasteiger partial charge >= 0.3 is 0 Å². The van der Waals surface area contributed by atoms with Crippen LogP contribution in [0.1, 0.15) is 28.9 Å². The molecule has 1 saturated heterocycles. The van der Waals surface area contributed by atoms with Crippen molar-refractivity contribution >= 4 is 23.2 Å². The molecule has 0 unspecified atom stereocenters. The van der Waals surface area contributed by atoms with Gasteiger partial charge in [0.2, 0.25) is 0 Å². The molecular weight excluding hydrogens is 360 g/mol. The fourth-order valence-electron chi connectivity index (χ4n) is 3.32. The lowest BCUT2D eigenvalue weighted by atomic mass is 10.1. The number of carbonyl (C=O) groups excluding carboxylic acids is 1. The predicted octanol–water partition coefficient (Wildman–Crippen LogP) is 4.26. The zero-order chi connectivity index (χ0) is 18.6. The Labute approximate surface area is 163 Å². The molecule has 2 N–H and O–H groups in total. The Hall–Kier alpha value is -2.79. The summed E-state index contributed by atoms with van der Waals surface area (Å²) in [6.07, 6.45) is 2.52. The van der Waals surface area contributed by atoms with E-state index in [4.69, 9.17) is 11.6 Å². The predicted molar refractivity (Wildman–Crippen MR) is 108 cm³/mol. The van der Waals surface area contributed by atoms with Crippen molar-refractivity contribution in [3.8, 4) is 11.3 Å². The van der Waals surface area contributed by atoms with Crippen LogP contribution in [0.4, 0.5) is 5.69 Å². The third kappa shape index (κ3) is 3.98. The number of halogens is 1. The van der Waals surface area contributed by atoms with Crippen LogP contribution in [-0.2, 0) is 6.54 Å². The van der Waals surface area contributed by atoms with E-state index in [2.05, 4.69) is 44.7 Å². The highest BCUT2D eigenvalue weighted by molar-refractivity contribution is 6.33. The number of hydrogen-bond donors (Lipinski definition) is 2. The molecule has 1 aliphatic heterocycles. The summed E-state index contributed by atoms with van der Waals surface area (Å²) >= 11 is 6.19. The summed E-state index contributed by atoms with van der Waals surface area (Å²) in [5.74, 6) is -0.190. The average Bonchev–Trinajstić information content (AvgIpc) is 3.39. The summed E-state index contributed by atoms with van der Waals surface area (Å²) in [6, 6.07) is 17.5. The minimum Gasteiger partial charge on any atom is -0.372 e. The Morgan fingerprint density at radius 1 is 1.11 bits per heavy atom. The SMILES string of the molecule is O=C(NCc1ccc(N2CCCC2)cc1)c1cc(-c2ccccc2Cl)n[nH]1. The number of aromatic amines is 1. The number of amides is 1. The van der Waals surface area contributed by atoms with Gasteiger partial charge in [-0.05, 0) is 42.7 Å². The van der Waals surface area contributed by atoms with Crippen molar-refractivity contribution in [2.75, 3.05) is 18.0 Å². The largest absolute Gasteiger partial charge is 0.372 e. The molecule has 3 aromatic rings. The molecule has 0 saturated carbocycles. The Kier molecular flexibility index (Phi) is 5.12. The normalized spacial score (nSPS) is 13.7. The molecule has 5 nitrogen and oxygen atoms in total. The molecule has 0 radical (unpaired) electrons. The number of rotatable bonds is 5. The maximum Gasteiger partial charge on any atom is 0.269 e. The molecule has 6 heteroatoms. The van der Waals surface area contributed by atoms with E-state index in [1.807, 2.05) is 18.2 Å². The lowest BCUT2D eigenvalue weighted by molar-refractivity contribution is 0.0946. The van der Waals surface area contributed by atoms with Gasteiger partial charge < -0.3 is 10.2 Å². The molecule has 2 heterocycles. The van der Waals surface area contributed by atoms with Crippen LogP contribution in [0.15, 0.2) is 54.6 Å². The molecule has 0 aliphatic carbocycles. The number of nitrogens with one attached hydrogen (secondary N) is 2. The highest BCUT2D eigenvalue weighted by Crippen LogP contribution is 2.26. The van der Waals surface area contributed by atoms with Gasteiger partial charge in [-0.1, -0.05) is 41.9 Å². The summed E-state index contributed by atoms with van der Waals surface area (Å²) in [6.45, 7) is 2.73. The Balaban J connectivity index is 1.37. The first kappa shape index (κ1) is 17.6. The van der Waals surface area contributed by atoms with Crippen molar-refractivity contribution < 1.29 is 4.79 Å². The van der Waals surface area contributed by atoms with E-state index in [-0.39, 0.29) is 5.91 Å². The first-order valence-electron chi connectivity index (χ1n) is 9.13. The average molecular weight is 381 g/mol. The zero-order valence-corrected chi connectivity index (χ0v) is 15.7. The van der Waals surface area contributed by atoms with E-state index >= 15 is 0 Å². The van der Waals surface area contributed by atoms with Gasteiger partial charge in [0.05, 0.1) is 10.7 Å². The summed E-state index contributed by atoms with van der Waals surface area (Å²) in [7, 11) is 0. The Morgan fingerprint density at radius 2 is 1.85 bits per heavy atom. The zero-order valence-electron chi connectivity index (χ0n) is 14.9. The second kappa shape index (κ2) is 7.84. The fraction of sp³-hybridized carbons (Fsp3) is 0.238. The van der Waals surface area contributed by atoms with Crippen LogP contribution < -0.4 is 10.2 Å². The summed E-state index contributed by atoms with van der Waals surface area (Å²) in [5, 5.41) is 10.5. The molecule has 4 rings (SSSR count). The van der Waals surface area contributed by atoms with E-state index in [1.54, 1.807) is 12.1 Å². The molecule has 0 bridgehead atoms. The molecule has 1 fully saturated rings. The molecule has 1 aliphatic rings. The minimum absolute atomic E-state index is 0.190. The number of nitrogens with zero attached hydrogens (tertiary/aromatic N) is 2. The number of aromatic nitrogens is 2. The van der Waals surface area contributed by atoms with Crippen molar-refractivity contribution in [3.05, 3.63) is 70.9 Å². The highest BCUT2D eigenvalue weighted by Gasteiger charge is 2.14. The third-order valence-electron chi connectivity index (χ3n) is 4.83. The second-order valence-electron chi connectivity index (χ2n) is 6.69. The van der Waals surface area contributed by atoms with Gasteiger partial charge in [-0.3, -0.25) is 9.89 Å². The summed E-state index contributed by atoms with van der Waals surface area (Å²) in [4.78, 5) is 14.8. The number of anilines is 1. The van der Waals surface area contributed by atoms with E-state index in [0.29, 0.717) is 23.0 Å². The second-order valence-corrected chi connectivity index (χ2v) is 7.10. The minimum atomic E-state index is -0.190. The van der Waals surface area contributed by atoms with Crippen LogP contribution >= 0.6 is 11.6 Å². The standard InChI is InChI=1S/C21H21ClN4O/c22-18-6-2-1-5-17(18)19-13-20(25-24-19)21(27)23-14-15-7-9-16(10-8-15)26-11-3-4-12-26/h1-2,5-10,13H,3-4,11-12,14H2,(H,23,27)(H,24,25). The van der Waals surface area contributed by atoms with Crippen molar-refractivity contribution in [1.82, 2.24) is 15.5 Å². The van der Waals surface area contributed by atoms with Crippen LogP contribution in [0, 0.1) is 0 Å². The van der Waals surface area contributed by atoms with Crippen LogP contribution in [0.2, 0.25) is 5.02 Å². The Morgan fingerprint density at radius 3 is 2.59 bits per heavy atom. The smallest absolute Gasteiger partial charge is 0.269 e. The Bertz CT molecular complexity index is 929. The summed E-state index contributed by atoms with van der Waals surface area (Å²) < 4.78 is 0. The number of benzene rings is 2. The van der Waals surface area contributed by atoms with Crippen molar-refractivity contribution in [1.29, 1.82) is 0 Å². The van der Waals surface area contributed by atoms with Crippen molar-refractivity contribution in [2.45, 2.75) is 19.4 Å². The number of carbonyl (C=O) groups is 1. The van der Waals surface area contributed by atoms with E-state index in [1.165, 1.54) is 18.5 Å². The monoisotopic (exact) mass is 380 g/mol. The fourth-order valence-corrected chi connectivity index (χ4v) is 3.56. The summed E-state index contributed by atoms with van der Waals surface area (Å²) in [5.41, 5.74) is 4.18. The molecular formula is C21H21ClN4O. The van der Waals surface area contributed by atoms with Gasteiger partial charge in [-0.25, -0.2) is 0 Å². The van der Waals surface area contributed by atoms with Crippen LogP contribution in [-0.4, -0.2) is 29.2 Å². The third-order valence-corrected chi connectivity index (χ3v) is 5.16. The van der Waals surface area contributed by atoms with Gasteiger partial charge in [0, 0.05) is 30.9 Å². The van der Waals surface area contributed by atoms with Crippen molar-refractivity contribution in [2.24, 2.45) is 0 Å². The molecule has 138 valence electrons.